The van der Waals surface area contributed by atoms with E-state index in [1.807, 2.05) is 43.5 Å². The van der Waals surface area contributed by atoms with Crippen molar-refractivity contribution in [2.24, 2.45) is 0 Å². The second kappa shape index (κ2) is 7.56. The minimum Gasteiger partial charge on any atom is -0.361 e. The van der Waals surface area contributed by atoms with Gasteiger partial charge in [-0.3, -0.25) is 4.31 Å². The molecule has 0 fully saturated rings. The van der Waals surface area contributed by atoms with Crippen LogP contribution in [0.2, 0.25) is 0 Å². The second-order valence-electron chi connectivity index (χ2n) is 7.65. The van der Waals surface area contributed by atoms with Gasteiger partial charge < -0.3 is 4.98 Å². The Hall–Kier alpha value is -2.79. The minimum absolute atomic E-state index is 0.0336. The van der Waals surface area contributed by atoms with Crippen molar-refractivity contribution in [1.82, 2.24) is 9.29 Å². The molecule has 4 rings (SSSR count). The zero-order valence-corrected chi connectivity index (χ0v) is 17.7. The Kier molecular flexibility index (Phi) is 5.09. The van der Waals surface area contributed by atoms with Crippen molar-refractivity contribution in [1.29, 1.82) is 0 Å². The standard InChI is InChI=1S/C24H26N2O2S/c1-4-7-18-12-15-21(22-16-25-23-9-6-5-8-20(22)23)24(18)26(3)29(27,28)19-13-10-17(2)11-14-19/h4-6,8-11,13-14,16,21,25H,1,7,12,15H2,2-3H3/t21-/m1/s1. The lowest BCUT2D eigenvalue weighted by Crippen LogP contribution is -2.29. The zero-order chi connectivity index (χ0) is 20.6. The minimum atomic E-state index is -3.64. The van der Waals surface area contributed by atoms with Crippen LogP contribution >= 0.6 is 0 Å². The van der Waals surface area contributed by atoms with E-state index in [9.17, 15) is 8.42 Å². The van der Waals surface area contributed by atoms with E-state index >= 15 is 0 Å². The summed E-state index contributed by atoms with van der Waals surface area (Å²) in [5.41, 5.74) is 5.29. The maximum atomic E-state index is 13.4. The van der Waals surface area contributed by atoms with Crippen molar-refractivity contribution < 1.29 is 8.42 Å². The van der Waals surface area contributed by atoms with Crippen LogP contribution in [0.5, 0.6) is 0 Å². The molecule has 1 N–H and O–H groups in total. The molecule has 2 aromatic carbocycles. The van der Waals surface area contributed by atoms with E-state index in [2.05, 4.69) is 23.7 Å². The molecule has 1 atom stereocenters. The average Bonchev–Trinajstić information content (AvgIpc) is 3.32. The van der Waals surface area contributed by atoms with Crippen LogP contribution in [0.25, 0.3) is 10.9 Å². The van der Waals surface area contributed by atoms with Gasteiger partial charge in [-0.15, -0.1) is 6.58 Å². The van der Waals surface area contributed by atoms with E-state index in [1.54, 1.807) is 19.2 Å². The molecule has 150 valence electrons. The maximum Gasteiger partial charge on any atom is 0.263 e. The number of hydrogen-bond donors (Lipinski definition) is 1. The van der Waals surface area contributed by atoms with E-state index in [0.717, 1.165) is 46.1 Å². The summed E-state index contributed by atoms with van der Waals surface area (Å²) in [5.74, 6) is 0.0336. The summed E-state index contributed by atoms with van der Waals surface area (Å²) in [6, 6.07) is 15.2. The third-order valence-corrected chi connectivity index (χ3v) is 7.62. The fourth-order valence-corrected chi connectivity index (χ4v) is 5.65. The number of benzene rings is 2. The van der Waals surface area contributed by atoms with Crippen LogP contribution in [0.4, 0.5) is 0 Å². The number of H-pyrrole nitrogens is 1. The molecule has 1 heterocycles. The lowest BCUT2D eigenvalue weighted by Gasteiger charge is -2.27. The predicted octanol–water partition coefficient (Wildman–Crippen LogP) is 5.50. The van der Waals surface area contributed by atoms with Gasteiger partial charge in [0.2, 0.25) is 0 Å². The summed E-state index contributed by atoms with van der Waals surface area (Å²) in [4.78, 5) is 3.66. The first-order chi connectivity index (χ1) is 13.9. The quantitative estimate of drug-likeness (QED) is 0.549. The van der Waals surface area contributed by atoms with Crippen molar-refractivity contribution >= 4 is 20.9 Å². The lowest BCUT2D eigenvalue weighted by molar-refractivity contribution is 0.503. The third kappa shape index (κ3) is 3.40. The molecule has 4 nitrogen and oxygen atoms in total. The van der Waals surface area contributed by atoms with Gasteiger partial charge in [-0.1, -0.05) is 42.0 Å². The van der Waals surface area contributed by atoms with Gasteiger partial charge in [0, 0.05) is 35.8 Å². The van der Waals surface area contributed by atoms with E-state index in [0.29, 0.717) is 11.3 Å². The first-order valence-electron chi connectivity index (χ1n) is 9.88. The molecule has 0 aliphatic heterocycles. The molecule has 0 saturated carbocycles. The molecule has 0 bridgehead atoms. The van der Waals surface area contributed by atoms with Gasteiger partial charge in [0.25, 0.3) is 10.0 Å². The summed E-state index contributed by atoms with van der Waals surface area (Å²) >= 11 is 0. The van der Waals surface area contributed by atoms with Crippen LogP contribution in [0.15, 0.2) is 83.5 Å². The molecular weight excluding hydrogens is 380 g/mol. The van der Waals surface area contributed by atoms with Gasteiger partial charge in [-0.2, -0.15) is 0 Å². The monoisotopic (exact) mass is 406 g/mol. The lowest BCUT2D eigenvalue weighted by atomic mass is 9.95. The number of nitrogens with zero attached hydrogens (tertiary/aromatic N) is 1. The Morgan fingerprint density at radius 2 is 1.90 bits per heavy atom. The van der Waals surface area contributed by atoms with Gasteiger partial charge in [-0.05, 0) is 55.5 Å². The summed E-state index contributed by atoms with van der Waals surface area (Å²) in [7, 11) is -1.96. The number of sulfonamides is 1. The highest BCUT2D eigenvalue weighted by atomic mass is 32.2. The Morgan fingerprint density at radius 1 is 1.17 bits per heavy atom. The van der Waals surface area contributed by atoms with Crippen LogP contribution in [0, 0.1) is 6.92 Å². The molecule has 1 aliphatic carbocycles. The Labute approximate surface area is 172 Å². The van der Waals surface area contributed by atoms with Crippen molar-refractivity contribution in [2.75, 3.05) is 7.05 Å². The second-order valence-corrected chi connectivity index (χ2v) is 9.62. The first-order valence-corrected chi connectivity index (χ1v) is 11.3. The first kappa shape index (κ1) is 19.5. The SMILES string of the molecule is C=CCC1=C(N(C)S(=O)(=O)c2ccc(C)cc2)[C@@H](c2c[nH]c3ccccc23)CC1. The average molecular weight is 407 g/mol. The number of aryl methyl sites for hydroxylation is 1. The van der Waals surface area contributed by atoms with E-state index in [4.69, 9.17) is 0 Å². The number of hydrogen-bond acceptors (Lipinski definition) is 2. The number of para-hydroxylation sites is 1. The normalized spacial score (nSPS) is 17.1. The smallest absolute Gasteiger partial charge is 0.263 e. The van der Waals surface area contributed by atoms with Crippen LogP contribution in [0.1, 0.15) is 36.3 Å². The molecule has 29 heavy (non-hydrogen) atoms. The number of rotatable bonds is 6. The molecule has 1 aliphatic rings. The van der Waals surface area contributed by atoms with Crippen molar-refractivity contribution in [3.8, 4) is 0 Å². The Bertz CT molecular complexity index is 1190. The zero-order valence-electron chi connectivity index (χ0n) is 16.9. The summed E-state index contributed by atoms with van der Waals surface area (Å²) in [5, 5.41) is 1.15. The Morgan fingerprint density at radius 3 is 2.62 bits per heavy atom. The van der Waals surface area contributed by atoms with E-state index in [-0.39, 0.29) is 5.92 Å². The fourth-order valence-electron chi connectivity index (χ4n) is 4.34. The molecular formula is C24H26N2O2S. The van der Waals surface area contributed by atoms with Gasteiger partial charge in [0.05, 0.1) is 4.90 Å². The van der Waals surface area contributed by atoms with Crippen LogP contribution < -0.4 is 0 Å². The van der Waals surface area contributed by atoms with E-state index < -0.39 is 10.0 Å². The molecule has 0 saturated heterocycles. The summed E-state index contributed by atoms with van der Waals surface area (Å²) in [6.45, 7) is 5.83. The van der Waals surface area contributed by atoms with E-state index in [1.165, 1.54) is 4.31 Å². The predicted molar refractivity (Wildman–Crippen MR) is 118 cm³/mol. The maximum absolute atomic E-state index is 13.4. The van der Waals surface area contributed by atoms with Gasteiger partial charge >= 0.3 is 0 Å². The molecule has 0 spiro atoms. The van der Waals surface area contributed by atoms with Crippen LogP contribution in [-0.4, -0.2) is 24.8 Å². The van der Waals surface area contributed by atoms with Gasteiger partial charge in [0.1, 0.15) is 0 Å². The van der Waals surface area contributed by atoms with Crippen LogP contribution in [-0.2, 0) is 10.0 Å². The Balaban J connectivity index is 1.81. The number of aromatic nitrogens is 1. The number of likely N-dealkylation sites (N-methyl/N-ethyl adjacent to an activating group) is 1. The molecule has 0 unspecified atom stereocenters. The van der Waals surface area contributed by atoms with Crippen molar-refractivity contribution in [3.05, 3.63) is 89.8 Å². The molecule has 0 radical (unpaired) electrons. The molecule has 3 aromatic rings. The highest BCUT2D eigenvalue weighted by molar-refractivity contribution is 7.89. The molecule has 1 aromatic heterocycles. The van der Waals surface area contributed by atoms with Crippen LogP contribution in [0.3, 0.4) is 0 Å². The summed E-state index contributed by atoms with van der Waals surface area (Å²) in [6.07, 6.45) is 6.35. The molecule has 0 amide bonds. The van der Waals surface area contributed by atoms with Gasteiger partial charge in [-0.25, -0.2) is 8.42 Å². The summed E-state index contributed by atoms with van der Waals surface area (Å²) < 4.78 is 28.3. The number of fused-ring (bicyclic) bond motifs is 1. The third-order valence-electron chi connectivity index (χ3n) is 5.83. The largest absolute Gasteiger partial charge is 0.361 e. The number of aromatic amines is 1. The van der Waals surface area contributed by atoms with Gasteiger partial charge in [0.15, 0.2) is 0 Å². The number of nitrogens with one attached hydrogen (secondary N) is 1. The van der Waals surface area contributed by atoms with Crippen molar-refractivity contribution in [2.45, 2.75) is 37.0 Å². The highest BCUT2D eigenvalue weighted by Gasteiger charge is 2.35. The highest BCUT2D eigenvalue weighted by Crippen LogP contribution is 2.45. The fraction of sp³-hybridized carbons (Fsp3) is 0.250. The van der Waals surface area contributed by atoms with Crippen molar-refractivity contribution in [3.63, 3.8) is 0 Å². The number of allylic oxidation sites excluding steroid dienone is 3. The molecule has 5 heteroatoms. The topological polar surface area (TPSA) is 53.2 Å².